The first-order valence-electron chi connectivity index (χ1n) is 10.9. The second kappa shape index (κ2) is 8.42. The van der Waals surface area contributed by atoms with Crippen LogP contribution in [0.15, 0.2) is 30.5 Å². The highest BCUT2D eigenvalue weighted by molar-refractivity contribution is 7.19. The Kier molecular flexibility index (Phi) is 5.50. The van der Waals surface area contributed by atoms with Crippen LogP contribution in [0.25, 0.3) is 21.8 Å². The van der Waals surface area contributed by atoms with Crippen molar-refractivity contribution in [2.75, 3.05) is 18.0 Å². The van der Waals surface area contributed by atoms with Crippen molar-refractivity contribution in [1.82, 2.24) is 15.0 Å². The van der Waals surface area contributed by atoms with E-state index in [1.165, 1.54) is 56.2 Å². The lowest BCUT2D eigenvalue weighted by molar-refractivity contribution is 0.438. The van der Waals surface area contributed by atoms with Crippen LogP contribution in [0, 0.1) is 18.1 Å². The molecule has 0 unspecified atom stereocenters. The minimum atomic E-state index is -0.234. The summed E-state index contributed by atoms with van der Waals surface area (Å²) >= 11 is 1.70. The van der Waals surface area contributed by atoms with Gasteiger partial charge in [-0.05, 0) is 61.8 Å². The van der Waals surface area contributed by atoms with Crippen molar-refractivity contribution in [1.29, 1.82) is 0 Å². The van der Waals surface area contributed by atoms with E-state index >= 15 is 0 Å². The number of thiazole rings is 1. The third-order valence-corrected chi connectivity index (χ3v) is 7.62. The molecule has 3 heterocycles. The zero-order valence-electron chi connectivity index (χ0n) is 17.3. The minimum absolute atomic E-state index is 0.234. The van der Waals surface area contributed by atoms with Gasteiger partial charge in [0.25, 0.3) is 0 Å². The number of rotatable bonds is 4. The number of piperidine rings is 1. The van der Waals surface area contributed by atoms with Crippen LogP contribution in [0.3, 0.4) is 0 Å². The van der Waals surface area contributed by atoms with Crippen molar-refractivity contribution in [3.8, 4) is 21.8 Å². The van der Waals surface area contributed by atoms with E-state index in [0.29, 0.717) is 5.92 Å². The van der Waals surface area contributed by atoms with Crippen molar-refractivity contribution in [3.05, 3.63) is 48.2 Å². The van der Waals surface area contributed by atoms with Crippen molar-refractivity contribution in [3.63, 3.8) is 0 Å². The van der Waals surface area contributed by atoms with Gasteiger partial charge in [-0.15, -0.1) is 0 Å². The average molecular weight is 422 g/mol. The topological polar surface area (TPSA) is 41.9 Å². The fourth-order valence-electron chi connectivity index (χ4n) is 4.63. The normalized spacial score (nSPS) is 18.3. The third kappa shape index (κ3) is 3.85. The molecular formula is C24H26FN4S. The number of anilines is 1. The highest BCUT2D eigenvalue weighted by Gasteiger charge is 2.27. The highest BCUT2D eigenvalue weighted by Crippen LogP contribution is 2.45. The van der Waals surface area contributed by atoms with E-state index in [1.807, 2.05) is 18.3 Å². The molecule has 3 aromatic rings. The Morgan fingerprint density at radius 3 is 2.50 bits per heavy atom. The maximum Gasteiger partial charge on any atom is 0.198 e. The number of nitrogens with zero attached hydrogens (tertiary/aromatic N) is 4. The molecule has 2 aliphatic rings. The molecule has 1 saturated carbocycles. The van der Waals surface area contributed by atoms with Gasteiger partial charge in [-0.1, -0.05) is 31.1 Å². The summed E-state index contributed by atoms with van der Waals surface area (Å²) in [5.74, 6) is 1.03. The van der Waals surface area contributed by atoms with Crippen LogP contribution >= 0.6 is 11.3 Å². The molecule has 0 spiro atoms. The molecule has 1 saturated heterocycles. The fourth-order valence-corrected chi connectivity index (χ4v) is 5.78. The predicted octanol–water partition coefficient (Wildman–Crippen LogP) is 6.10. The maximum absolute atomic E-state index is 13.6. The van der Waals surface area contributed by atoms with Crippen LogP contribution in [0.5, 0.6) is 0 Å². The molecule has 5 rings (SSSR count). The molecule has 2 fully saturated rings. The largest absolute Gasteiger partial charge is 0.348 e. The van der Waals surface area contributed by atoms with Crippen molar-refractivity contribution < 1.29 is 4.39 Å². The molecule has 0 bridgehead atoms. The smallest absolute Gasteiger partial charge is 0.198 e. The molecule has 1 aliphatic heterocycles. The molecule has 0 atom stereocenters. The molecule has 1 aromatic carbocycles. The van der Waals surface area contributed by atoms with Gasteiger partial charge in [0.1, 0.15) is 5.82 Å². The fraction of sp³-hybridized carbons (Fsp3) is 0.458. The quantitative estimate of drug-likeness (QED) is 0.510. The van der Waals surface area contributed by atoms with Gasteiger partial charge in [0.15, 0.2) is 11.5 Å². The SMILES string of the molecule is CC1CCN(c2nc(-c3ccc(F)cc3)c(-c3n[c]ncc3C3CCCC3)s2)CC1. The van der Waals surface area contributed by atoms with Crippen LogP contribution in [-0.2, 0) is 0 Å². The second-order valence-corrected chi connectivity index (χ2v) is 9.58. The van der Waals surface area contributed by atoms with Gasteiger partial charge >= 0.3 is 0 Å². The molecule has 1 radical (unpaired) electrons. The van der Waals surface area contributed by atoms with E-state index in [2.05, 4.69) is 28.1 Å². The summed E-state index contributed by atoms with van der Waals surface area (Å²) in [7, 11) is 0. The van der Waals surface area contributed by atoms with Crippen molar-refractivity contribution in [2.45, 2.75) is 51.4 Å². The Balaban J connectivity index is 1.61. The lowest BCUT2D eigenvalue weighted by Gasteiger charge is -2.29. The number of benzene rings is 1. The van der Waals surface area contributed by atoms with Crippen LogP contribution in [-0.4, -0.2) is 28.0 Å². The number of hydrogen-bond acceptors (Lipinski definition) is 5. The maximum atomic E-state index is 13.6. The van der Waals surface area contributed by atoms with Crippen molar-refractivity contribution in [2.24, 2.45) is 5.92 Å². The first-order chi connectivity index (χ1) is 14.7. The van der Waals surface area contributed by atoms with Gasteiger partial charge < -0.3 is 4.90 Å². The lowest BCUT2D eigenvalue weighted by Crippen LogP contribution is -2.32. The van der Waals surface area contributed by atoms with Crippen LogP contribution in [0.1, 0.15) is 56.9 Å². The molecule has 1 aliphatic carbocycles. The van der Waals surface area contributed by atoms with E-state index in [0.717, 1.165) is 46.0 Å². The van der Waals surface area contributed by atoms with E-state index in [9.17, 15) is 4.39 Å². The minimum Gasteiger partial charge on any atom is -0.348 e. The first-order valence-corrected chi connectivity index (χ1v) is 11.8. The summed E-state index contributed by atoms with van der Waals surface area (Å²) in [6.45, 7) is 4.38. The van der Waals surface area contributed by atoms with E-state index in [4.69, 9.17) is 4.98 Å². The van der Waals surface area contributed by atoms with E-state index < -0.39 is 0 Å². The number of hydrogen-bond donors (Lipinski definition) is 0. The molecule has 6 heteroatoms. The Morgan fingerprint density at radius 2 is 1.77 bits per heavy atom. The first kappa shape index (κ1) is 19.6. The molecule has 30 heavy (non-hydrogen) atoms. The second-order valence-electron chi connectivity index (χ2n) is 8.61. The van der Waals surface area contributed by atoms with Gasteiger partial charge in [0.2, 0.25) is 0 Å². The Hall–Kier alpha value is -2.34. The van der Waals surface area contributed by atoms with Crippen LogP contribution in [0.4, 0.5) is 9.52 Å². The van der Waals surface area contributed by atoms with E-state index in [-0.39, 0.29) is 5.82 Å². The Bertz CT molecular complexity index is 1000. The van der Waals surface area contributed by atoms with Gasteiger partial charge in [-0.2, -0.15) is 0 Å². The van der Waals surface area contributed by atoms with Gasteiger partial charge in [-0.25, -0.2) is 19.3 Å². The summed E-state index contributed by atoms with van der Waals surface area (Å²) in [5, 5.41) is 1.03. The molecule has 2 aromatic heterocycles. The highest BCUT2D eigenvalue weighted by atomic mass is 32.1. The van der Waals surface area contributed by atoms with Crippen molar-refractivity contribution >= 4 is 16.5 Å². The number of halogens is 1. The Morgan fingerprint density at radius 1 is 1.03 bits per heavy atom. The summed E-state index contributed by atoms with van der Waals surface area (Å²) in [6, 6.07) is 6.64. The summed E-state index contributed by atoms with van der Waals surface area (Å²) in [4.78, 5) is 17.3. The Labute approximate surface area is 181 Å². The third-order valence-electron chi connectivity index (χ3n) is 6.49. The lowest BCUT2D eigenvalue weighted by atomic mass is 9.96. The molecule has 0 amide bonds. The van der Waals surface area contributed by atoms with Crippen LogP contribution in [0.2, 0.25) is 0 Å². The number of aromatic nitrogens is 3. The zero-order chi connectivity index (χ0) is 20.5. The molecule has 0 N–H and O–H groups in total. The summed E-state index contributed by atoms with van der Waals surface area (Å²) in [5.41, 5.74) is 3.97. The molecular weight excluding hydrogens is 395 g/mol. The monoisotopic (exact) mass is 421 g/mol. The standard InChI is InChI=1S/C24H26FN4S/c1-16-10-12-29(13-11-16)24-28-21(18-6-8-19(25)9-7-18)23(30-24)22-20(14-26-15-27-22)17-4-2-3-5-17/h6-9,14,16-17H,2-5,10-13H2,1H3. The molecule has 155 valence electrons. The average Bonchev–Trinajstić information content (AvgIpc) is 3.45. The van der Waals surface area contributed by atoms with E-state index in [1.54, 1.807) is 11.3 Å². The predicted molar refractivity (Wildman–Crippen MR) is 119 cm³/mol. The van der Waals surface area contributed by atoms with Gasteiger partial charge in [0, 0.05) is 30.4 Å². The van der Waals surface area contributed by atoms with Crippen LogP contribution < -0.4 is 4.90 Å². The van der Waals surface area contributed by atoms with Gasteiger partial charge in [0.05, 0.1) is 16.3 Å². The summed E-state index contributed by atoms with van der Waals surface area (Å²) in [6.07, 6.45) is 12.0. The summed E-state index contributed by atoms with van der Waals surface area (Å²) < 4.78 is 13.6. The zero-order valence-corrected chi connectivity index (χ0v) is 18.1. The molecule has 4 nitrogen and oxygen atoms in total. The van der Waals surface area contributed by atoms with Gasteiger partial charge in [-0.3, -0.25) is 0 Å².